The summed E-state index contributed by atoms with van der Waals surface area (Å²) in [6.45, 7) is 4.14. The monoisotopic (exact) mass is 220 g/mol. The van der Waals surface area contributed by atoms with E-state index in [0.29, 0.717) is 0 Å². The summed E-state index contributed by atoms with van der Waals surface area (Å²) < 4.78 is 4.14. The molecule has 3 saturated heterocycles. The summed E-state index contributed by atoms with van der Waals surface area (Å²) in [6, 6.07) is 0. The van der Waals surface area contributed by atoms with Crippen molar-refractivity contribution >= 4 is 19.8 Å². The van der Waals surface area contributed by atoms with E-state index in [1.165, 1.54) is 7.85 Å². The van der Waals surface area contributed by atoms with Gasteiger partial charge >= 0.3 is 56.6 Å². The normalized spacial score (nSPS) is 60.2. The van der Waals surface area contributed by atoms with Crippen LogP contribution in [0.4, 0.5) is 0 Å². The van der Waals surface area contributed by atoms with Crippen molar-refractivity contribution in [3.63, 3.8) is 0 Å². The number of alkyl halides is 3. The Hall–Kier alpha value is 0.470. The molecule has 0 nitrogen and oxygen atoms in total. The molecule has 3 atom stereocenters. The first-order chi connectivity index (χ1) is 3.88. The molecule has 3 aliphatic heterocycles. The van der Waals surface area contributed by atoms with Gasteiger partial charge in [0.25, 0.3) is 0 Å². The van der Waals surface area contributed by atoms with Crippen molar-refractivity contribution in [1.29, 1.82) is 0 Å². The third-order valence-corrected chi connectivity index (χ3v) is 10.6. The molecular formula is C7H9I. The third-order valence-electron chi connectivity index (χ3n) is 2.67. The molecule has 0 aromatic rings. The summed E-state index contributed by atoms with van der Waals surface area (Å²) in [5.41, 5.74) is 1.68. The molecule has 4 aliphatic rings. The Labute approximate surface area is 56.7 Å². The molecule has 44 valence electrons. The fourth-order valence-corrected chi connectivity index (χ4v) is 11.9. The van der Waals surface area contributed by atoms with Gasteiger partial charge in [0, 0.05) is 0 Å². The zero-order valence-electron chi connectivity index (χ0n) is 4.73. The van der Waals surface area contributed by atoms with E-state index in [0.717, 1.165) is 5.92 Å². The van der Waals surface area contributed by atoms with Gasteiger partial charge < -0.3 is 0 Å². The van der Waals surface area contributed by atoms with Gasteiger partial charge in [0.1, 0.15) is 0 Å². The second-order valence-electron chi connectivity index (χ2n) is 3.01. The van der Waals surface area contributed by atoms with Crippen LogP contribution in [0.15, 0.2) is 12.2 Å². The molecule has 4 bridgehead atoms. The van der Waals surface area contributed by atoms with Crippen LogP contribution in [0.5, 0.6) is 0 Å². The zero-order chi connectivity index (χ0) is 5.30. The van der Waals surface area contributed by atoms with E-state index in [2.05, 4.69) is 6.58 Å². The maximum absolute atomic E-state index is 4.14. The van der Waals surface area contributed by atoms with E-state index in [9.17, 15) is 0 Å². The van der Waals surface area contributed by atoms with Crippen LogP contribution < -0.4 is 0 Å². The summed E-state index contributed by atoms with van der Waals surface area (Å²) in [4.78, 5) is 0. The number of allylic oxidation sites excluding steroid dienone is 1. The van der Waals surface area contributed by atoms with E-state index in [1.807, 2.05) is 0 Å². The molecule has 1 saturated carbocycles. The molecule has 0 radical (unpaired) electrons. The number of hydrogen-bond acceptors (Lipinski definition) is 0. The van der Waals surface area contributed by atoms with E-state index in [1.54, 1.807) is 16.4 Å². The second kappa shape index (κ2) is 1.02. The molecule has 0 N–H and O–H groups in total. The topological polar surface area (TPSA) is 0 Å². The molecule has 0 aromatic carbocycles. The van der Waals surface area contributed by atoms with Crippen LogP contribution in [-0.2, 0) is 0 Å². The van der Waals surface area contributed by atoms with Crippen molar-refractivity contribution in [2.45, 2.75) is 14.3 Å². The number of rotatable bonds is 0. The molecule has 4 rings (SSSR count). The van der Waals surface area contributed by atoms with Crippen LogP contribution in [0.3, 0.4) is 0 Å². The Balaban J connectivity index is 2.21. The average molecular weight is 220 g/mol. The molecule has 4 fully saturated rings. The van der Waals surface area contributed by atoms with Crippen LogP contribution in [0, 0.1) is 5.92 Å². The molecule has 0 amide bonds. The Morgan fingerprint density at radius 2 is 2.50 bits per heavy atom. The van der Waals surface area contributed by atoms with E-state index < -0.39 is 0 Å². The fraction of sp³-hybridized carbons (Fsp3) is 0.714. The molecular weight excluding hydrogens is 211 g/mol. The van der Waals surface area contributed by atoms with Gasteiger partial charge in [-0.3, -0.25) is 0 Å². The van der Waals surface area contributed by atoms with Gasteiger partial charge in [0.05, 0.1) is 0 Å². The zero-order valence-corrected chi connectivity index (χ0v) is 6.89. The Kier molecular flexibility index (Phi) is 0.552. The second-order valence-corrected chi connectivity index (χ2v) is 9.32. The van der Waals surface area contributed by atoms with Gasteiger partial charge in [0.2, 0.25) is 0 Å². The quantitative estimate of drug-likeness (QED) is 0.332. The molecule has 0 aromatic heterocycles. The van der Waals surface area contributed by atoms with Gasteiger partial charge in [-0.1, -0.05) is 0 Å². The van der Waals surface area contributed by atoms with Crippen LogP contribution in [0.2, 0.25) is 0 Å². The van der Waals surface area contributed by atoms with Gasteiger partial charge in [-0.05, 0) is 0 Å². The fourth-order valence-electron chi connectivity index (χ4n) is 2.16. The Morgan fingerprint density at radius 1 is 1.62 bits per heavy atom. The first-order valence-corrected chi connectivity index (χ1v) is 7.21. The van der Waals surface area contributed by atoms with Gasteiger partial charge in [0.15, 0.2) is 0 Å². The number of halogens is 1. The third kappa shape index (κ3) is 0.276. The summed E-state index contributed by atoms with van der Waals surface area (Å²) in [7, 11) is 0. The minimum atomic E-state index is -0.213. The van der Waals surface area contributed by atoms with Crippen LogP contribution in [-0.4, -0.2) is 12.3 Å². The van der Waals surface area contributed by atoms with Crippen LogP contribution in [0.1, 0.15) is 6.42 Å². The predicted octanol–water partition coefficient (Wildman–Crippen LogP) is 1.83. The summed E-state index contributed by atoms with van der Waals surface area (Å²) in [5.74, 6) is 1.05. The van der Waals surface area contributed by atoms with Crippen molar-refractivity contribution in [3.8, 4) is 0 Å². The van der Waals surface area contributed by atoms with E-state index in [4.69, 9.17) is 0 Å². The molecule has 1 aliphatic carbocycles. The summed E-state index contributed by atoms with van der Waals surface area (Å²) in [6.07, 6.45) is 1.58. The van der Waals surface area contributed by atoms with Gasteiger partial charge in [-0.2, -0.15) is 0 Å². The van der Waals surface area contributed by atoms with Crippen molar-refractivity contribution in [3.05, 3.63) is 12.2 Å². The number of hydrogen-bond donors (Lipinski definition) is 0. The summed E-state index contributed by atoms with van der Waals surface area (Å²) >= 11 is -0.213. The van der Waals surface area contributed by atoms with E-state index in [-0.39, 0.29) is 19.8 Å². The molecule has 3 heterocycles. The van der Waals surface area contributed by atoms with Crippen molar-refractivity contribution < 1.29 is 0 Å². The van der Waals surface area contributed by atoms with Crippen molar-refractivity contribution in [1.82, 2.24) is 0 Å². The minimum absolute atomic E-state index is 0.213. The SMILES string of the molecule is C=C1C2CC3C1I3C2. The van der Waals surface area contributed by atoms with Crippen molar-refractivity contribution in [2.24, 2.45) is 5.92 Å². The standard InChI is InChI=1S/C7H9I/c1-4-5-2-6-7(4)8(6)3-5/h5-7H,1-3H2. The summed E-state index contributed by atoms with van der Waals surface area (Å²) in [5, 5.41) is 0. The molecule has 0 spiro atoms. The van der Waals surface area contributed by atoms with Crippen LogP contribution in [0.25, 0.3) is 0 Å². The molecule has 8 heavy (non-hydrogen) atoms. The molecule has 3 unspecified atom stereocenters. The Morgan fingerprint density at radius 3 is 2.62 bits per heavy atom. The predicted molar refractivity (Wildman–Crippen MR) is 43.7 cm³/mol. The van der Waals surface area contributed by atoms with Crippen LogP contribution >= 0.6 is 19.8 Å². The molecule has 1 heteroatoms. The van der Waals surface area contributed by atoms with Crippen molar-refractivity contribution in [2.75, 3.05) is 4.43 Å². The van der Waals surface area contributed by atoms with Gasteiger partial charge in [-0.25, -0.2) is 0 Å². The van der Waals surface area contributed by atoms with Gasteiger partial charge in [-0.15, -0.1) is 0 Å². The Bertz CT molecular complexity index is 157. The first-order valence-electron chi connectivity index (χ1n) is 3.19. The first kappa shape index (κ1) is 4.31. The maximum atomic E-state index is 4.14. The van der Waals surface area contributed by atoms with E-state index >= 15 is 0 Å². The average Bonchev–Trinajstić information content (AvgIpc) is 2.23.